The molecule has 0 bridgehead atoms. The van der Waals surface area contributed by atoms with Crippen LogP contribution in [-0.2, 0) is 12.8 Å². The van der Waals surface area contributed by atoms with Gasteiger partial charge in [-0.3, -0.25) is 9.78 Å². The maximum absolute atomic E-state index is 10.9. The monoisotopic (exact) mass is 207 g/mol. The molecule has 0 aliphatic carbocycles. The highest BCUT2D eigenvalue weighted by atomic mass is 16.1. The number of nitrogens with zero attached hydrogens (tertiary/aromatic N) is 2. The fourth-order valence-corrected chi connectivity index (χ4v) is 1.41. The van der Waals surface area contributed by atoms with Crippen LogP contribution in [0.15, 0.2) is 6.20 Å². The molecule has 0 unspecified atom stereocenters. The highest BCUT2D eigenvalue weighted by Crippen LogP contribution is 2.10. The molecule has 0 saturated heterocycles. The number of rotatable bonds is 4. The number of hydrogen-bond donors (Lipinski definition) is 1. The zero-order valence-corrected chi connectivity index (χ0v) is 9.45. The van der Waals surface area contributed by atoms with E-state index in [0.29, 0.717) is 5.92 Å². The number of nitrogens with two attached hydrogens (primary N) is 1. The molecule has 0 fully saturated rings. The maximum Gasteiger partial charge on any atom is 0.268 e. The van der Waals surface area contributed by atoms with Gasteiger partial charge in [0, 0.05) is 0 Å². The Bertz CT molecular complexity index is 361. The van der Waals surface area contributed by atoms with Crippen molar-refractivity contribution >= 4 is 5.91 Å². The molecule has 15 heavy (non-hydrogen) atoms. The quantitative estimate of drug-likeness (QED) is 0.810. The molecule has 0 aliphatic rings. The summed E-state index contributed by atoms with van der Waals surface area (Å²) in [4.78, 5) is 19.4. The molecule has 0 aliphatic heterocycles. The van der Waals surface area contributed by atoms with Gasteiger partial charge in [0.25, 0.3) is 5.91 Å². The number of hydrogen-bond acceptors (Lipinski definition) is 3. The fraction of sp³-hybridized carbons (Fsp3) is 0.545. The van der Waals surface area contributed by atoms with E-state index in [1.54, 1.807) is 0 Å². The van der Waals surface area contributed by atoms with E-state index in [2.05, 4.69) is 23.8 Å². The second-order valence-electron chi connectivity index (χ2n) is 3.96. The van der Waals surface area contributed by atoms with Gasteiger partial charge >= 0.3 is 0 Å². The fourth-order valence-electron chi connectivity index (χ4n) is 1.41. The average Bonchev–Trinajstić information content (AvgIpc) is 2.17. The maximum atomic E-state index is 10.9. The summed E-state index contributed by atoms with van der Waals surface area (Å²) in [6.45, 7) is 6.25. The lowest BCUT2D eigenvalue weighted by atomic mass is 10.1. The van der Waals surface area contributed by atoms with Crippen molar-refractivity contribution in [2.45, 2.75) is 33.6 Å². The van der Waals surface area contributed by atoms with Crippen LogP contribution in [0, 0.1) is 5.92 Å². The smallest absolute Gasteiger partial charge is 0.268 e. The molecule has 4 nitrogen and oxygen atoms in total. The largest absolute Gasteiger partial charge is 0.364 e. The molecule has 82 valence electrons. The van der Waals surface area contributed by atoms with Crippen LogP contribution in [0.3, 0.4) is 0 Å². The van der Waals surface area contributed by atoms with Crippen molar-refractivity contribution in [3.8, 4) is 0 Å². The summed E-state index contributed by atoms with van der Waals surface area (Å²) in [5.41, 5.74) is 7.24. The molecule has 1 heterocycles. The van der Waals surface area contributed by atoms with Gasteiger partial charge < -0.3 is 5.73 Å². The molecule has 4 heteroatoms. The summed E-state index contributed by atoms with van der Waals surface area (Å²) in [6, 6.07) is 0. The Labute approximate surface area is 89.9 Å². The summed E-state index contributed by atoms with van der Waals surface area (Å²) >= 11 is 0. The van der Waals surface area contributed by atoms with E-state index in [-0.39, 0.29) is 5.69 Å². The number of primary amides is 1. The summed E-state index contributed by atoms with van der Waals surface area (Å²) in [5, 5.41) is 0. The predicted octanol–water partition coefficient (Wildman–Crippen LogP) is 1.34. The lowest BCUT2D eigenvalue weighted by molar-refractivity contribution is 0.0995. The molecule has 0 atom stereocenters. The zero-order valence-electron chi connectivity index (χ0n) is 9.45. The molecule has 1 rings (SSSR count). The van der Waals surface area contributed by atoms with Gasteiger partial charge in [-0.1, -0.05) is 20.8 Å². The van der Waals surface area contributed by atoms with Crippen LogP contribution in [0.2, 0.25) is 0 Å². The molecule has 0 spiro atoms. The van der Waals surface area contributed by atoms with Crippen molar-refractivity contribution in [2.24, 2.45) is 11.7 Å². The Morgan fingerprint density at radius 1 is 1.47 bits per heavy atom. The molecular weight excluding hydrogens is 190 g/mol. The number of carbonyl (C=O) groups is 1. The van der Waals surface area contributed by atoms with Crippen molar-refractivity contribution in [2.75, 3.05) is 0 Å². The second-order valence-corrected chi connectivity index (χ2v) is 3.96. The van der Waals surface area contributed by atoms with E-state index >= 15 is 0 Å². The van der Waals surface area contributed by atoms with Crippen LogP contribution >= 0.6 is 0 Å². The van der Waals surface area contributed by atoms with Crippen LogP contribution < -0.4 is 5.73 Å². The van der Waals surface area contributed by atoms with Gasteiger partial charge in [-0.05, 0) is 18.8 Å². The molecule has 0 aromatic carbocycles. The summed E-state index contributed by atoms with van der Waals surface area (Å²) in [6.07, 6.45) is 3.12. The zero-order chi connectivity index (χ0) is 11.4. The third kappa shape index (κ3) is 3.01. The first-order valence-electron chi connectivity index (χ1n) is 5.19. The molecule has 1 aromatic rings. The van der Waals surface area contributed by atoms with Gasteiger partial charge in [0.2, 0.25) is 0 Å². The van der Waals surface area contributed by atoms with Crippen molar-refractivity contribution in [1.29, 1.82) is 0 Å². The van der Waals surface area contributed by atoms with Gasteiger partial charge in [0.05, 0.1) is 17.6 Å². The third-order valence-electron chi connectivity index (χ3n) is 2.12. The summed E-state index contributed by atoms with van der Waals surface area (Å²) < 4.78 is 0. The van der Waals surface area contributed by atoms with E-state index < -0.39 is 5.91 Å². The SMILES string of the molecule is CCc1nc(C(N)=O)cnc1CC(C)C. The Hall–Kier alpha value is -1.45. The van der Waals surface area contributed by atoms with E-state index in [1.165, 1.54) is 6.20 Å². The minimum Gasteiger partial charge on any atom is -0.364 e. The number of carbonyl (C=O) groups excluding carboxylic acids is 1. The summed E-state index contributed by atoms with van der Waals surface area (Å²) in [5.74, 6) is 0.0114. The van der Waals surface area contributed by atoms with Gasteiger partial charge in [0.15, 0.2) is 0 Å². The average molecular weight is 207 g/mol. The number of aryl methyl sites for hydroxylation is 1. The second kappa shape index (κ2) is 4.87. The molecule has 0 saturated carbocycles. The lowest BCUT2D eigenvalue weighted by Gasteiger charge is -2.09. The van der Waals surface area contributed by atoms with Crippen molar-refractivity contribution in [1.82, 2.24) is 9.97 Å². The van der Waals surface area contributed by atoms with Crippen LogP contribution in [-0.4, -0.2) is 15.9 Å². The molecule has 1 amide bonds. The molecular formula is C11H17N3O. The van der Waals surface area contributed by atoms with Crippen LogP contribution in [0.1, 0.15) is 42.6 Å². The minimum absolute atomic E-state index is 0.249. The van der Waals surface area contributed by atoms with E-state index in [1.807, 2.05) is 6.92 Å². The first-order valence-corrected chi connectivity index (χ1v) is 5.19. The highest BCUT2D eigenvalue weighted by molar-refractivity contribution is 5.90. The molecule has 2 N–H and O–H groups in total. The Morgan fingerprint density at radius 2 is 2.13 bits per heavy atom. The van der Waals surface area contributed by atoms with Gasteiger partial charge in [-0.15, -0.1) is 0 Å². The van der Waals surface area contributed by atoms with Crippen LogP contribution in [0.5, 0.6) is 0 Å². The Morgan fingerprint density at radius 3 is 2.60 bits per heavy atom. The van der Waals surface area contributed by atoms with Crippen LogP contribution in [0.4, 0.5) is 0 Å². The molecule has 1 aromatic heterocycles. The van der Waals surface area contributed by atoms with Crippen LogP contribution in [0.25, 0.3) is 0 Å². The lowest BCUT2D eigenvalue weighted by Crippen LogP contribution is -2.16. The number of amides is 1. The minimum atomic E-state index is -0.520. The van der Waals surface area contributed by atoms with Gasteiger partial charge in [0.1, 0.15) is 5.69 Å². The Kier molecular flexibility index (Phi) is 3.77. The van der Waals surface area contributed by atoms with Gasteiger partial charge in [-0.2, -0.15) is 0 Å². The van der Waals surface area contributed by atoms with E-state index in [9.17, 15) is 4.79 Å². The molecule has 0 radical (unpaired) electrons. The van der Waals surface area contributed by atoms with Crippen molar-refractivity contribution < 1.29 is 4.79 Å². The van der Waals surface area contributed by atoms with E-state index in [4.69, 9.17) is 5.73 Å². The number of aromatic nitrogens is 2. The first-order chi connectivity index (χ1) is 7.04. The van der Waals surface area contributed by atoms with Crippen molar-refractivity contribution in [3.63, 3.8) is 0 Å². The highest BCUT2D eigenvalue weighted by Gasteiger charge is 2.10. The summed E-state index contributed by atoms with van der Waals surface area (Å²) in [7, 11) is 0. The standard InChI is InChI=1S/C11H17N3O/c1-4-8-9(5-7(2)3)13-6-10(14-8)11(12)15/h6-7H,4-5H2,1-3H3,(H2,12,15). The van der Waals surface area contributed by atoms with Crippen molar-refractivity contribution in [3.05, 3.63) is 23.3 Å². The Balaban J connectivity index is 3.03. The topological polar surface area (TPSA) is 68.9 Å². The third-order valence-corrected chi connectivity index (χ3v) is 2.12. The normalized spacial score (nSPS) is 10.7. The van der Waals surface area contributed by atoms with Gasteiger partial charge in [-0.25, -0.2) is 4.98 Å². The van der Waals surface area contributed by atoms with E-state index in [0.717, 1.165) is 24.2 Å². The predicted molar refractivity (Wildman–Crippen MR) is 58.5 cm³/mol. The first kappa shape index (κ1) is 11.6.